The van der Waals surface area contributed by atoms with Gasteiger partial charge in [0.2, 0.25) is 0 Å². The van der Waals surface area contributed by atoms with Crippen molar-refractivity contribution in [1.82, 2.24) is 15.1 Å². The predicted molar refractivity (Wildman–Crippen MR) is 80.5 cm³/mol. The molecule has 1 aromatic heterocycles. The molecular weight excluding hydrogens is 301 g/mol. The van der Waals surface area contributed by atoms with E-state index in [1.165, 1.54) is 24.4 Å². The van der Waals surface area contributed by atoms with Crippen molar-refractivity contribution >= 4 is 5.91 Å². The standard InChI is InChI=1S/C16H18FN3O3/c1-16(22)6-8-20(15(21)13-5-7-18-19-13)10-14(16)23-12-4-2-3-11(17)9-12/h2-5,7,9,14,22H,6,8,10H2,1H3,(H,18,19)/t14-,16-/m0/s1. The normalized spacial score (nSPS) is 24.5. The second-order valence-corrected chi connectivity index (χ2v) is 5.89. The van der Waals surface area contributed by atoms with Crippen LogP contribution in [0.25, 0.3) is 0 Å². The molecule has 6 nitrogen and oxygen atoms in total. The van der Waals surface area contributed by atoms with Gasteiger partial charge in [-0.15, -0.1) is 0 Å². The largest absolute Gasteiger partial charge is 0.485 e. The number of piperidine rings is 1. The summed E-state index contributed by atoms with van der Waals surface area (Å²) in [5.74, 6) is -0.291. The van der Waals surface area contributed by atoms with E-state index in [2.05, 4.69) is 10.2 Å². The molecule has 1 aliphatic rings. The van der Waals surface area contributed by atoms with Gasteiger partial charge in [0.15, 0.2) is 0 Å². The molecule has 23 heavy (non-hydrogen) atoms. The molecule has 2 aromatic rings. The lowest BCUT2D eigenvalue weighted by Gasteiger charge is -2.42. The van der Waals surface area contributed by atoms with Gasteiger partial charge in [0.1, 0.15) is 29.0 Å². The number of carbonyl (C=O) groups is 1. The molecule has 0 unspecified atom stereocenters. The summed E-state index contributed by atoms with van der Waals surface area (Å²) in [4.78, 5) is 14.0. The fraction of sp³-hybridized carbons (Fsp3) is 0.375. The van der Waals surface area contributed by atoms with Crippen LogP contribution < -0.4 is 4.74 Å². The Morgan fingerprint density at radius 1 is 1.52 bits per heavy atom. The number of benzene rings is 1. The maximum absolute atomic E-state index is 13.3. The second-order valence-electron chi connectivity index (χ2n) is 5.89. The Hall–Kier alpha value is -2.41. The molecule has 2 heterocycles. The van der Waals surface area contributed by atoms with Crippen LogP contribution in [0.4, 0.5) is 4.39 Å². The van der Waals surface area contributed by atoms with Crippen LogP contribution in [-0.4, -0.2) is 50.9 Å². The van der Waals surface area contributed by atoms with Crippen molar-refractivity contribution in [3.05, 3.63) is 48.0 Å². The van der Waals surface area contributed by atoms with Crippen molar-refractivity contribution in [3.63, 3.8) is 0 Å². The minimum atomic E-state index is -1.10. The van der Waals surface area contributed by atoms with Crippen LogP contribution in [0.2, 0.25) is 0 Å². The van der Waals surface area contributed by atoms with Crippen molar-refractivity contribution in [1.29, 1.82) is 0 Å². The van der Waals surface area contributed by atoms with Crippen molar-refractivity contribution in [2.24, 2.45) is 0 Å². The summed E-state index contributed by atoms with van der Waals surface area (Å²) in [5, 5.41) is 16.9. The van der Waals surface area contributed by atoms with Crippen LogP contribution in [0.1, 0.15) is 23.8 Å². The van der Waals surface area contributed by atoms with E-state index in [4.69, 9.17) is 4.74 Å². The first kappa shape index (κ1) is 15.5. The minimum absolute atomic E-state index is 0.203. The summed E-state index contributed by atoms with van der Waals surface area (Å²) in [6, 6.07) is 7.33. The number of likely N-dealkylation sites (tertiary alicyclic amines) is 1. The summed E-state index contributed by atoms with van der Waals surface area (Å²) in [7, 11) is 0. The lowest BCUT2D eigenvalue weighted by atomic mass is 9.90. The molecule has 0 saturated carbocycles. The third-order valence-corrected chi connectivity index (χ3v) is 4.06. The number of halogens is 1. The summed E-state index contributed by atoms with van der Waals surface area (Å²) in [5.41, 5.74) is -0.715. The zero-order valence-electron chi connectivity index (χ0n) is 12.7. The molecule has 0 bridgehead atoms. The summed E-state index contributed by atoms with van der Waals surface area (Å²) < 4.78 is 19.0. The number of ether oxygens (including phenoxy) is 1. The fourth-order valence-electron chi connectivity index (χ4n) is 2.61. The molecule has 2 N–H and O–H groups in total. The van der Waals surface area contributed by atoms with Gasteiger partial charge in [0.05, 0.1) is 6.54 Å². The highest BCUT2D eigenvalue weighted by molar-refractivity contribution is 5.92. The van der Waals surface area contributed by atoms with Crippen molar-refractivity contribution in [3.8, 4) is 5.75 Å². The van der Waals surface area contributed by atoms with Crippen molar-refractivity contribution < 1.29 is 19.0 Å². The van der Waals surface area contributed by atoms with Crippen LogP contribution in [0.5, 0.6) is 5.75 Å². The number of aliphatic hydroxyl groups is 1. The molecule has 0 spiro atoms. The number of nitrogens with zero attached hydrogens (tertiary/aromatic N) is 2. The molecule has 1 amide bonds. The van der Waals surface area contributed by atoms with E-state index in [1.54, 1.807) is 24.0 Å². The third-order valence-electron chi connectivity index (χ3n) is 4.06. The van der Waals surface area contributed by atoms with Gasteiger partial charge in [-0.3, -0.25) is 9.89 Å². The molecule has 0 radical (unpaired) electrons. The molecule has 1 aliphatic heterocycles. The Labute approximate surface area is 132 Å². The quantitative estimate of drug-likeness (QED) is 0.900. The van der Waals surface area contributed by atoms with Gasteiger partial charge in [-0.25, -0.2) is 4.39 Å². The van der Waals surface area contributed by atoms with Gasteiger partial charge in [-0.2, -0.15) is 5.10 Å². The number of carbonyl (C=O) groups excluding carboxylic acids is 1. The Morgan fingerprint density at radius 2 is 2.35 bits per heavy atom. The molecular formula is C16H18FN3O3. The average Bonchev–Trinajstić information content (AvgIpc) is 3.03. The second kappa shape index (κ2) is 6.00. The Morgan fingerprint density at radius 3 is 3.04 bits per heavy atom. The number of amides is 1. The van der Waals surface area contributed by atoms with E-state index < -0.39 is 17.5 Å². The first-order chi connectivity index (χ1) is 11.0. The molecule has 7 heteroatoms. The van der Waals surface area contributed by atoms with Gasteiger partial charge < -0.3 is 14.7 Å². The van der Waals surface area contributed by atoms with Crippen LogP contribution in [0, 0.1) is 5.82 Å². The van der Waals surface area contributed by atoms with Gasteiger partial charge in [-0.05, 0) is 31.5 Å². The fourth-order valence-corrected chi connectivity index (χ4v) is 2.61. The van der Waals surface area contributed by atoms with E-state index in [-0.39, 0.29) is 12.5 Å². The zero-order chi connectivity index (χ0) is 16.4. The Balaban J connectivity index is 1.75. The average molecular weight is 319 g/mol. The lowest BCUT2D eigenvalue weighted by molar-refractivity contribution is -0.0882. The SMILES string of the molecule is C[C@]1(O)CCN(C(=O)c2ccn[nH]2)C[C@@H]1Oc1cccc(F)c1. The predicted octanol–water partition coefficient (Wildman–Crippen LogP) is 1.59. The number of H-pyrrole nitrogens is 1. The van der Waals surface area contributed by atoms with Crippen LogP contribution in [-0.2, 0) is 0 Å². The van der Waals surface area contributed by atoms with Crippen LogP contribution >= 0.6 is 0 Å². The number of aromatic amines is 1. The number of hydrogen-bond donors (Lipinski definition) is 2. The molecule has 122 valence electrons. The van der Waals surface area contributed by atoms with Gasteiger partial charge in [-0.1, -0.05) is 6.07 Å². The summed E-state index contributed by atoms with van der Waals surface area (Å²) in [6.07, 6.45) is 1.23. The van der Waals surface area contributed by atoms with Crippen LogP contribution in [0.15, 0.2) is 36.5 Å². The third kappa shape index (κ3) is 3.34. The summed E-state index contributed by atoms with van der Waals surface area (Å²) >= 11 is 0. The monoisotopic (exact) mass is 319 g/mol. The first-order valence-corrected chi connectivity index (χ1v) is 7.39. The minimum Gasteiger partial charge on any atom is -0.485 e. The lowest BCUT2D eigenvalue weighted by Crippen LogP contribution is -2.57. The van der Waals surface area contributed by atoms with E-state index in [1.807, 2.05) is 0 Å². The smallest absolute Gasteiger partial charge is 0.271 e. The highest BCUT2D eigenvalue weighted by atomic mass is 19.1. The van der Waals surface area contributed by atoms with Crippen molar-refractivity contribution in [2.45, 2.75) is 25.0 Å². The molecule has 3 rings (SSSR count). The molecule has 1 saturated heterocycles. The number of aromatic nitrogens is 2. The van der Waals surface area contributed by atoms with Gasteiger partial charge in [0, 0.05) is 18.8 Å². The molecule has 2 atom stereocenters. The number of hydrogen-bond acceptors (Lipinski definition) is 4. The van der Waals surface area contributed by atoms with Crippen LogP contribution in [0.3, 0.4) is 0 Å². The highest BCUT2D eigenvalue weighted by Crippen LogP contribution is 2.27. The summed E-state index contributed by atoms with van der Waals surface area (Å²) in [6.45, 7) is 2.28. The first-order valence-electron chi connectivity index (χ1n) is 7.39. The van der Waals surface area contributed by atoms with E-state index in [0.29, 0.717) is 24.4 Å². The van der Waals surface area contributed by atoms with Gasteiger partial charge >= 0.3 is 0 Å². The number of rotatable bonds is 3. The van der Waals surface area contributed by atoms with Gasteiger partial charge in [0.25, 0.3) is 5.91 Å². The topological polar surface area (TPSA) is 78.5 Å². The van der Waals surface area contributed by atoms with E-state index in [0.717, 1.165) is 0 Å². The molecule has 0 aliphatic carbocycles. The Bertz CT molecular complexity index is 688. The molecule has 1 aromatic carbocycles. The van der Waals surface area contributed by atoms with Crippen molar-refractivity contribution in [2.75, 3.05) is 13.1 Å². The zero-order valence-corrected chi connectivity index (χ0v) is 12.7. The maximum atomic E-state index is 13.3. The van der Waals surface area contributed by atoms with E-state index >= 15 is 0 Å². The van der Waals surface area contributed by atoms with E-state index in [9.17, 15) is 14.3 Å². The maximum Gasteiger partial charge on any atom is 0.271 e. The highest BCUT2D eigenvalue weighted by Gasteiger charge is 2.41. The molecule has 1 fully saturated rings. The Kier molecular flexibility index (Phi) is 4.04. The number of nitrogens with one attached hydrogen (secondary N) is 1.